The molecule has 1 aliphatic rings. The van der Waals surface area contributed by atoms with Crippen molar-refractivity contribution in [2.24, 2.45) is 0 Å². The van der Waals surface area contributed by atoms with Crippen molar-refractivity contribution in [1.29, 1.82) is 0 Å². The van der Waals surface area contributed by atoms with Crippen molar-refractivity contribution in [2.75, 3.05) is 26.2 Å². The summed E-state index contributed by atoms with van der Waals surface area (Å²) in [4.78, 5) is 19.4. The lowest BCUT2D eigenvalue weighted by Gasteiger charge is -2.21. The van der Waals surface area contributed by atoms with Crippen LogP contribution < -0.4 is 0 Å². The van der Waals surface area contributed by atoms with Crippen molar-refractivity contribution in [3.8, 4) is 10.6 Å². The van der Waals surface area contributed by atoms with Crippen LogP contribution in [0.2, 0.25) is 0 Å². The average Bonchev–Trinajstić information content (AvgIpc) is 3.28. The maximum absolute atomic E-state index is 13.1. The van der Waals surface area contributed by atoms with E-state index in [2.05, 4.69) is 28.1 Å². The zero-order valence-corrected chi connectivity index (χ0v) is 16.6. The van der Waals surface area contributed by atoms with E-state index in [1.807, 2.05) is 29.2 Å². The normalized spacial score (nSPS) is 15.6. The Labute approximate surface area is 167 Å². The highest BCUT2D eigenvalue weighted by molar-refractivity contribution is 7.15. The molecule has 1 saturated heterocycles. The van der Waals surface area contributed by atoms with Gasteiger partial charge in [0.1, 0.15) is 5.82 Å². The number of amides is 1. The molecule has 0 bridgehead atoms. The summed E-state index contributed by atoms with van der Waals surface area (Å²) in [6.45, 7) is 5.93. The standard InChI is InChI=1S/C21H23FN4OS/c1-15-3-8-20(28-15)18-13-19(24-23-18)21(27)26-10-2-9-25(11-12-26)14-16-4-6-17(22)7-5-16/h3-8,13H,2,9-12,14H2,1H3,(H,23,24). The molecule has 4 rings (SSSR count). The summed E-state index contributed by atoms with van der Waals surface area (Å²) in [6, 6.07) is 12.6. The average molecular weight is 399 g/mol. The van der Waals surface area contributed by atoms with E-state index < -0.39 is 0 Å². The number of aromatic amines is 1. The van der Waals surface area contributed by atoms with Gasteiger partial charge in [-0.15, -0.1) is 11.3 Å². The Morgan fingerprint density at radius 3 is 2.71 bits per heavy atom. The summed E-state index contributed by atoms with van der Waals surface area (Å²) in [7, 11) is 0. The molecule has 1 aromatic carbocycles. The van der Waals surface area contributed by atoms with Crippen molar-refractivity contribution in [1.82, 2.24) is 20.0 Å². The molecule has 0 aliphatic carbocycles. The summed E-state index contributed by atoms with van der Waals surface area (Å²) in [5.74, 6) is -0.244. The third kappa shape index (κ3) is 4.31. The molecule has 3 aromatic rings. The Morgan fingerprint density at radius 2 is 1.96 bits per heavy atom. The van der Waals surface area contributed by atoms with Crippen molar-refractivity contribution >= 4 is 17.2 Å². The molecule has 0 spiro atoms. The molecule has 146 valence electrons. The van der Waals surface area contributed by atoms with Gasteiger partial charge in [-0.2, -0.15) is 5.10 Å². The molecule has 0 unspecified atom stereocenters. The van der Waals surface area contributed by atoms with Crippen LogP contribution in [0.1, 0.15) is 27.3 Å². The molecular formula is C21H23FN4OS. The zero-order chi connectivity index (χ0) is 19.5. The van der Waals surface area contributed by atoms with Crippen LogP contribution in [0.25, 0.3) is 10.6 Å². The van der Waals surface area contributed by atoms with E-state index in [0.29, 0.717) is 12.2 Å². The van der Waals surface area contributed by atoms with Crippen LogP contribution in [0.3, 0.4) is 0 Å². The van der Waals surface area contributed by atoms with Crippen molar-refractivity contribution < 1.29 is 9.18 Å². The lowest BCUT2D eigenvalue weighted by Crippen LogP contribution is -2.35. The van der Waals surface area contributed by atoms with Gasteiger partial charge in [0.25, 0.3) is 5.91 Å². The molecule has 0 saturated carbocycles. The third-order valence-corrected chi connectivity index (χ3v) is 6.03. The number of aryl methyl sites for hydroxylation is 1. The first kappa shape index (κ1) is 18.8. The fraction of sp³-hybridized carbons (Fsp3) is 0.333. The molecule has 0 radical (unpaired) electrons. The minimum Gasteiger partial charge on any atom is -0.336 e. The van der Waals surface area contributed by atoms with E-state index in [0.717, 1.165) is 48.7 Å². The van der Waals surface area contributed by atoms with Crippen LogP contribution in [0.4, 0.5) is 4.39 Å². The lowest BCUT2D eigenvalue weighted by atomic mass is 10.2. The van der Waals surface area contributed by atoms with Gasteiger partial charge in [-0.25, -0.2) is 4.39 Å². The van der Waals surface area contributed by atoms with Gasteiger partial charge < -0.3 is 4.90 Å². The number of carbonyl (C=O) groups excluding carboxylic acids is 1. The first-order valence-electron chi connectivity index (χ1n) is 9.47. The number of aromatic nitrogens is 2. The molecule has 1 aliphatic heterocycles. The first-order valence-corrected chi connectivity index (χ1v) is 10.3. The number of benzene rings is 1. The molecule has 1 fully saturated rings. The van der Waals surface area contributed by atoms with Gasteiger partial charge in [0.15, 0.2) is 5.69 Å². The molecule has 0 atom stereocenters. The molecule has 3 heterocycles. The van der Waals surface area contributed by atoms with E-state index in [1.54, 1.807) is 11.3 Å². The maximum atomic E-state index is 13.1. The number of H-pyrrole nitrogens is 1. The number of hydrogen-bond donors (Lipinski definition) is 1. The molecule has 5 nitrogen and oxygen atoms in total. The Hall–Kier alpha value is -2.51. The topological polar surface area (TPSA) is 52.2 Å². The van der Waals surface area contributed by atoms with Gasteiger partial charge in [-0.3, -0.25) is 14.8 Å². The summed E-state index contributed by atoms with van der Waals surface area (Å²) in [5, 5.41) is 7.23. The highest BCUT2D eigenvalue weighted by atomic mass is 32.1. The second kappa shape index (κ2) is 8.24. The number of nitrogens with zero attached hydrogens (tertiary/aromatic N) is 3. The van der Waals surface area contributed by atoms with Crippen molar-refractivity contribution in [2.45, 2.75) is 19.9 Å². The Bertz CT molecular complexity index is 949. The number of hydrogen-bond acceptors (Lipinski definition) is 4. The predicted molar refractivity (Wildman–Crippen MR) is 109 cm³/mol. The summed E-state index contributed by atoms with van der Waals surface area (Å²) < 4.78 is 13.1. The second-order valence-electron chi connectivity index (χ2n) is 7.13. The molecule has 1 N–H and O–H groups in total. The van der Waals surface area contributed by atoms with Crippen molar-refractivity contribution in [3.63, 3.8) is 0 Å². The molecular weight excluding hydrogens is 375 g/mol. The number of rotatable bonds is 4. The van der Waals surface area contributed by atoms with E-state index in [4.69, 9.17) is 0 Å². The van der Waals surface area contributed by atoms with Crippen LogP contribution in [0.5, 0.6) is 0 Å². The highest BCUT2D eigenvalue weighted by Crippen LogP contribution is 2.26. The number of carbonyl (C=O) groups is 1. The highest BCUT2D eigenvalue weighted by Gasteiger charge is 2.22. The quantitative estimate of drug-likeness (QED) is 0.724. The van der Waals surface area contributed by atoms with E-state index in [-0.39, 0.29) is 11.7 Å². The van der Waals surface area contributed by atoms with Crippen LogP contribution in [0, 0.1) is 12.7 Å². The summed E-state index contributed by atoms with van der Waals surface area (Å²) in [6.07, 6.45) is 0.911. The molecule has 2 aromatic heterocycles. The zero-order valence-electron chi connectivity index (χ0n) is 15.8. The smallest absolute Gasteiger partial charge is 0.274 e. The SMILES string of the molecule is Cc1ccc(-c2cc(C(=O)N3CCCN(Cc4ccc(F)cc4)CC3)n[nH]2)s1. The van der Waals surface area contributed by atoms with Gasteiger partial charge in [0, 0.05) is 37.6 Å². The largest absolute Gasteiger partial charge is 0.336 e. The monoisotopic (exact) mass is 398 g/mol. The minimum absolute atomic E-state index is 0.0283. The van der Waals surface area contributed by atoms with Crippen molar-refractivity contribution in [3.05, 3.63) is 64.4 Å². The van der Waals surface area contributed by atoms with Crippen LogP contribution in [0.15, 0.2) is 42.5 Å². The number of halogens is 1. The molecule has 1 amide bonds. The molecule has 28 heavy (non-hydrogen) atoms. The van der Waals surface area contributed by atoms with E-state index in [1.165, 1.54) is 17.0 Å². The summed E-state index contributed by atoms with van der Waals surface area (Å²) >= 11 is 1.68. The Morgan fingerprint density at radius 1 is 1.14 bits per heavy atom. The van der Waals surface area contributed by atoms with Gasteiger partial charge in [-0.1, -0.05) is 12.1 Å². The van der Waals surface area contributed by atoms with Crippen LogP contribution in [-0.2, 0) is 6.54 Å². The van der Waals surface area contributed by atoms with E-state index >= 15 is 0 Å². The number of thiophene rings is 1. The van der Waals surface area contributed by atoms with Crippen LogP contribution >= 0.6 is 11.3 Å². The molecule has 7 heteroatoms. The fourth-order valence-corrected chi connectivity index (χ4v) is 4.31. The fourth-order valence-electron chi connectivity index (χ4n) is 3.48. The van der Waals surface area contributed by atoms with Gasteiger partial charge in [-0.05, 0) is 49.2 Å². The Balaban J connectivity index is 1.38. The van der Waals surface area contributed by atoms with Gasteiger partial charge in [0.2, 0.25) is 0 Å². The lowest BCUT2D eigenvalue weighted by molar-refractivity contribution is 0.0755. The van der Waals surface area contributed by atoms with Gasteiger partial charge >= 0.3 is 0 Å². The maximum Gasteiger partial charge on any atom is 0.274 e. The summed E-state index contributed by atoms with van der Waals surface area (Å²) in [5.41, 5.74) is 2.44. The predicted octanol–water partition coefficient (Wildman–Crippen LogP) is 3.93. The number of nitrogens with one attached hydrogen (secondary N) is 1. The van der Waals surface area contributed by atoms with Crippen LogP contribution in [-0.4, -0.2) is 52.1 Å². The van der Waals surface area contributed by atoms with Gasteiger partial charge in [0.05, 0.1) is 10.6 Å². The third-order valence-electron chi connectivity index (χ3n) is 5.00. The second-order valence-corrected chi connectivity index (χ2v) is 8.41. The van der Waals surface area contributed by atoms with E-state index in [9.17, 15) is 9.18 Å². The first-order chi connectivity index (χ1) is 13.6. The Kier molecular flexibility index (Phi) is 5.54. The minimum atomic E-state index is -0.215.